The Bertz CT molecular complexity index is 1950. The first-order chi connectivity index (χ1) is 32.1. The van der Waals surface area contributed by atoms with Gasteiger partial charge in [0, 0.05) is 36.0 Å². The Morgan fingerprint density at radius 2 is 0.727 bits per heavy atom. The van der Waals surface area contributed by atoms with Crippen molar-refractivity contribution in [2.45, 2.75) is 61.2 Å². The highest BCUT2D eigenvalue weighted by atomic mass is 33.1. The van der Waals surface area contributed by atoms with E-state index in [4.69, 9.17) is 9.47 Å². The third-order valence-corrected chi connectivity index (χ3v) is 16.8. The van der Waals surface area contributed by atoms with Crippen molar-refractivity contribution in [1.82, 2.24) is 29.4 Å². The van der Waals surface area contributed by atoms with Crippen molar-refractivity contribution in [2.75, 3.05) is 107 Å². The van der Waals surface area contributed by atoms with Gasteiger partial charge in [-0.25, -0.2) is 0 Å². The third kappa shape index (κ3) is 13.8. The van der Waals surface area contributed by atoms with Crippen LogP contribution in [0.2, 0.25) is 0 Å². The minimum Gasteiger partial charge on any atom is -0.457 e. The molecule has 4 aliphatic rings. The van der Waals surface area contributed by atoms with Crippen LogP contribution in [-0.4, -0.2) is 148 Å². The van der Waals surface area contributed by atoms with Crippen LogP contribution in [0.3, 0.4) is 0 Å². The van der Waals surface area contributed by atoms with E-state index in [1.54, 1.807) is 0 Å². The van der Waals surface area contributed by atoms with Gasteiger partial charge in [-0.05, 0) is 216 Å². The van der Waals surface area contributed by atoms with Gasteiger partial charge in [0.2, 0.25) is 0 Å². The molecule has 4 fully saturated rings. The molecule has 0 saturated carbocycles. The molecule has 0 bridgehead atoms. The summed E-state index contributed by atoms with van der Waals surface area (Å²) in [4.78, 5) is 46.0. The van der Waals surface area contributed by atoms with Crippen LogP contribution in [0.5, 0.6) is 23.0 Å². The summed E-state index contributed by atoms with van der Waals surface area (Å²) in [5.74, 6) is 4.82. The molecule has 0 N–H and O–H groups in total. The Labute approximate surface area is 402 Å². The second-order valence-corrected chi connectivity index (χ2v) is 21.9. The molecule has 4 heterocycles. The topological polar surface area (TPSA) is 72.0 Å². The van der Waals surface area contributed by atoms with E-state index in [0.29, 0.717) is 46.3 Å². The number of piperidine rings is 4. The molecule has 4 saturated heterocycles. The summed E-state index contributed by atoms with van der Waals surface area (Å²) >= 11 is 0. The number of likely N-dealkylation sites (tertiary alicyclic amines) is 4. The molecule has 0 aromatic heterocycles. The molecule has 8 rings (SSSR count). The predicted octanol–water partition coefficient (Wildman–Crippen LogP) is 10.3. The Balaban J connectivity index is 1.12. The van der Waals surface area contributed by atoms with Gasteiger partial charge in [0.05, 0.1) is 11.1 Å². The smallest absolute Gasteiger partial charge is 0.255 e. The molecule has 10 nitrogen and oxygen atoms in total. The number of hydrogen-bond donors (Lipinski definition) is 0. The van der Waals surface area contributed by atoms with Crippen LogP contribution in [-0.2, 0) is 0 Å². The Morgan fingerprint density at radius 1 is 0.439 bits per heavy atom. The Morgan fingerprint density at radius 3 is 1.02 bits per heavy atom. The SMILES string of the molecule is CN1CCC(CN(CC2CCN(C)CC2)C(=O)c2ccc(Oc3ccccc3)cc2SSc2cc(Oc3ccccc3)ccc2C(=O)N(CC2CCN(C)CC2)CC2CCN(C)CC2)CC1. The lowest BCUT2D eigenvalue weighted by Gasteiger charge is -2.37. The van der Waals surface area contributed by atoms with E-state index in [9.17, 15) is 0 Å². The average Bonchev–Trinajstić information content (AvgIpc) is 3.33. The third-order valence-electron chi connectivity index (χ3n) is 14.4. The predicted molar refractivity (Wildman–Crippen MR) is 270 cm³/mol. The molecular weight excluding hydrogens is 861 g/mol. The fourth-order valence-corrected chi connectivity index (χ4v) is 12.4. The quantitative estimate of drug-likeness (QED) is 0.0956. The van der Waals surface area contributed by atoms with Crippen molar-refractivity contribution in [2.24, 2.45) is 23.7 Å². The van der Waals surface area contributed by atoms with Gasteiger partial charge >= 0.3 is 0 Å². The molecule has 0 unspecified atom stereocenters. The van der Waals surface area contributed by atoms with E-state index in [2.05, 4.69) is 57.6 Å². The fraction of sp³-hybridized carbons (Fsp3) is 0.519. The number of carbonyl (C=O) groups is 2. The van der Waals surface area contributed by atoms with Crippen LogP contribution < -0.4 is 9.47 Å². The minimum absolute atomic E-state index is 0.0714. The van der Waals surface area contributed by atoms with E-state index >= 15 is 9.59 Å². The summed E-state index contributed by atoms with van der Waals surface area (Å²) in [6.07, 6.45) is 8.78. The number of para-hydroxylation sites is 2. The number of benzene rings is 4. The first-order valence-corrected chi connectivity index (χ1v) is 26.7. The molecule has 0 spiro atoms. The molecule has 66 heavy (non-hydrogen) atoms. The van der Waals surface area contributed by atoms with Crippen LogP contribution in [0, 0.1) is 23.7 Å². The van der Waals surface area contributed by atoms with Gasteiger partial charge in [0.25, 0.3) is 11.8 Å². The molecule has 4 aromatic rings. The average molecular weight is 933 g/mol. The molecular formula is C54H72N6O4S2. The molecule has 2 amide bonds. The van der Waals surface area contributed by atoms with Crippen LogP contribution in [0.15, 0.2) is 107 Å². The number of ether oxygens (including phenoxy) is 2. The zero-order chi connectivity index (χ0) is 45.8. The molecule has 0 radical (unpaired) electrons. The highest BCUT2D eigenvalue weighted by Crippen LogP contribution is 2.45. The summed E-state index contributed by atoms with van der Waals surface area (Å²) in [7, 11) is 11.9. The van der Waals surface area contributed by atoms with E-state index in [0.717, 1.165) is 151 Å². The van der Waals surface area contributed by atoms with Gasteiger partial charge in [-0.15, -0.1) is 0 Å². The maximum atomic E-state index is 15.2. The lowest BCUT2D eigenvalue weighted by molar-refractivity contribution is 0.0621. The second-order valence-electron chi connectivity index (χ2n) is 19.7. The standard InChI is InChI=1S/C54H72N6O4S2/c1-55-27-19-41(20-28-55)37-59(38-42-21-29-56(2)30-22-42)53(61)49-17-15-47(63-45-11-7-5-8-12-45)35-51(49)65-66-52-36-48(64-46-13-9-6-10-14-46)16-18-50(52)54(62)60(39-43-23-31-57(3)32-24-43)40-44-25-33-58(4)34-26-44/h5-18,35-36,41-44H,19-34,37-40H2,1-4H3. The van der Waals surface area contributed by atoms with Crippen molar-refractivity contribution in [3.63, 3.8) is 0 Å². The maximum absolute atomic E-state index is 15.2. The lowest BCUT2D eigenvalue weighted by atomic mass is 9.93. The lowest BCUT2D eigenvalue weighted by Crippen LogP contribution is -2.44. The first-order valence-electron chi connectivity index (χ1n) is 24.5. The number of hydrogen-bond acceptors (Lipinski definition) is 10. The number of carbonyl (C=O) groups excluding carboxylic acids is 2. The number of nitrogens with zero attached hydrogens (tertiary/aromatic N) is 6. The molecule has 4 aliphatic heterocycles. The van der Waals surface area contributed by atoms with Crippen molar-refractivity contribution in [1.29, 1.82) is 0 Å². The maximum Gasteiger partial charge on any atom is 0.255 e. The Hall–Kier alpha value is -4.04. The van der Waals surface area contributed by atoms with Crippen LogP contribution in [0.1, 0.15) is 72.1 Å². The highest BCUT2D eigenvalue weighted by molar-refractivity contribution is 8.76. The summed E-state index contributed by atoms with van der Waals surface area (Å²) < 4.78 is 12.8. The summed E-state index contributed by atoms with van der Waals surface area (Å²) in [5, 5.41) is 0. The number of amides is 2. The largest absolute Gasteiger partial charge is 0.457 e. The van der Waals surface area contributed by atoms with Gasteiger partial charge in [-0.2, -0.15) is 0 Å². The van der Waals surface area contributed by atoms with Gasteiger partial charge in [-0.1, -0.05) is 58.0 Å². The van der Waals surface area contributed by atoms with Crippen LogP contribution in [0.25, 0.3) is 0 Å². The number of rotatable bonds is 17. The van der Waals surface area contributed by atoms with Crippen molar-refractivity contribution in [3.05, 3.63) is 108 Å². The zero-order valence-electron chi connectivity index (χ0n) is 39.8. The minimum atomic E-state index is 0.0714. The van der Waals surface area contributed by atoms with Crippen LogP contribution in [0.4, 0.5) is 0 Å². The van der Waals surface area contributed by atoms with Crippen LogP contribution >= 0.6 is 21.6 Å². The molecule has 4 aromatic carbocycles. The highest BCUT2D eigenvalue weighted by Gasteiger charge is 2.31. The van der Waals surface area contributed by atoms with E-state index in [-0.39, 0.29) is 11.8 Å². The van der Waals surface area contributed by atoms with Gasteiger partial charge in [0.15, 0.2) is 0 Å². The van der Waals surface area contributed by atoms with Gasteiger partial charge < -0.3 is 38.9 Å². The monoisotopic (exact) mass is 933 g/mol. The van der Waals surface area contributed by atoms with E-state index < -0.39 is 0 Å². The van der Waals surface area contributed by atoms with Gasteiger partial charge in [0.1, 0.15) is 23.0 Å². The van der Waals surface area contributed by atoms with Crippen molar-refractivity contribution >= 4 is 33.4 Å². The first kappa shape index (κ1) is 48.4. The summed E-state index contributed by atoms with van der Waals surface area (Å²) in [6, 6.07) is 31.4. The molecule has 354 valence electrons. The van der Waals surface area contributed by atoms with E-state index in [1.165, 1.54) is 21.6 Å². The van der Waals surface area contributed by atoms with Crippen molar-refractivity contribution < 1.29 is 19.1 Å². The fourth-order valence-electron chi connectivity index (χ4n) is 10.0. The zero-order valence-corrected chi connectivity index (χ0v) is 41.5. The summed E-state index contributed by atoms with van der Waals surface area (Å²) in [6.45, 7) is 11.5. The molecule has 12 heteroatoms. The second kappa shape index (κ2) is 23.8. The summed E-state index contributed by atoms with van der Waals surface area (Å²) in [5.41, 5.74) is 1.34. The van der Waals surface area contributed by atoms with Crippen molar-refractivity contribution in [3.8, 4) is 23.0 Å². The Kier molecular flexibility index (Phi) is 17.5. The molecule has 0 aliphatic carbocycles. The van der Waals surface area contributed by atoms with Gasteiger partial charge in [-0.3, -0.25) is 9.59 Å². The normalized spacial score (nSPS) is 19.2. The van der Waals surface area contributed by atoms with E-state index in [1.807, 2.05) is 97.1 Å². The molecule has 0 atom stereocenters.